The van der Waals surface area contributed by atoms with Crippen LogP contribution in [0.1, 0.15) is 76.8 Å². The maximum atomic E-state index is 10.1. The van der Waals surface area contributed by atoms with Crippen LogP contribution < -0.4 is 10.5 Å². The molecule has 2 heterocycles. The summed E-state index contributed by atoms with van der Waals surface area (Å²) in [5, 5.41) is 10.1. The third-order valence-corrected chi connectivity index (χ3v) is 6.25. The average molecular weight is 409 g/mol. The second-order valence-electron chi connectivity index (χ2n) is 9.84. The van der Waals surface area contributed by atoms with Crippen molar-refractivity contribution in [3.63, 3.8) is 0 Å². The fraction of sp³-hybridized carbons (Fsp3) is 0.542. The zero-order valence-electron chi connectivity index (χ0n) is 18.4. The van der Waals surface area contributed by atoms with E-state index in [9.17, 15) is 5.11 Å². The highest BCUT2D eigenvalue weighted by Crippen LogP contribution is 2.41. The van der Waals surface area contributed by atoms with Crippen molar-refractivity contribution in [3.05, 3.63) is 41.7 Å². The molecule has 0 radical (unpaired) electrons. The van der Waals surface area contributed by atoms with Crippen LogP contribution in [0.4, 0.5) is 11.5 Å². The van der Waals surface area contributed by atoms with Gasteiger partial charge in [-0.05, 0) is 77.2 Å². The highest BCUT2D eigenvalue weighted by Gasteiger charge is 2.35. The molecule has 1 saturated carbocycles. The van der Waals surface area contributed by atoms with E-state index in [-0.39, 0.29) is 0 Å². The Morgan fingerprint density at radius 3 is 2.40 bits per heavy atom. The molecule has 1 aromatic heterocycles. The Labute approximate surface area is 178 Å². The zero-order chi connectivity index (χ0) is 21.5. The number of benzene rings is 1. The SMILES string of the molecule is CC(C)(O)C[C@H]1CC[C@H](c2ccc(C3=Nc4c(N)ncnc4OC3(C)C)cc2)CC1. The number of aliphatic imine (C=N–C) groups is 1. The number of hydrogen-bond donors (Lipinski definition) is 2. The summed E-state index contributed by atoms with van der Waals surface area (Å²) in [4.78, 5) is 13.0. The van der Waals surface area contributed by atoms with Gasteiger partial charge in [-0.1, -0.05) is 24.3 Å². The van der Waals surface area contributed by atoms with Crippen LogP contribution in [0.15, 0.2) is 35.6 Å². The first-order valence-electron chi connectivity index (χ1n) is 10.8. The van der Waals surface area contributed by atoms with Crippen molar-refractivity contribution in [2.75, 3.05) is 5.73 Å². The molecule has 0 amide bonds. The number of fused-ring (bicyclic) bond motifs is 1. The summed E-state index contributed by atoms with van der Waals surface area (Å²) in [6, 6.07) is 8.70. The van der Waals surface area contributed by atoms with Crippen LogP contribution >= 0.6 is 0 Å². The molecule has 160 valence electrons. The number of anilines is 1. The molecule has 0 bridgehead atoms. The lowest BCUT2D eigenvalue weighted by Crippen LogP contribution is -2.41. The summed E-state index contributed by atoms with van der Waals surface area (Å²) < 4.78 is 6.08. The van der Waals surface area contributed by atoms with E-state index in [1.54, 1.807) is 0 Å². The summed E-state index contributed by atoms with van der Waals surface area (Å²) in [5.41, 5.74) is 8.54. The maximum Gasteiger partial charge on any atom is 0.246 e. The molecule has 1 aliphatic heterocycles. The van der Waals surface area contributed by atoms with E-state index >= 15 is 0 Å². The smallest absolute Gasteiger partial charge is 0.246 e. The van der Waals surface area contributed by atoms with Crippen molar-refractivity contribution in [2.24, 2.45) is 10.9 Å². The first-order chi connectivity index (χ1) is 14.1. The van der Waals surface area contributed by atoms with Gasteiger partial charge in [0.25, 0.3) is 0 Å². The standard InChI is InChI=1S/C24H32N4O2/c1-23(2,29)13-15-5-7-16(8-6-15)17-9-11-18(12-10-17)20-24(3,4)30-22-19(28-20)21(25)26-14-27-22/h9-12,14-16,29H,5-8,13H2,1-4H3,(H2,25,26,27)/t15-,16-. The number of nitrogens with zero attached hydrogens (tertiary/aromatic N) is 3. The van der Waals surface area contributed by atoms with Crippen molar-refractivity contribution in [1.82, 2.24) is 9.97 Å². The molecule has 2 aromatic rings. The van der Waals surface area contributed by atoms with Gasteiger partial charge in [0.15, 0.2) is 11.5 Å². The molecule has 1 aliphatic carbocycles. The monoisotopic (exact) mass is 408 g/mol. The fourth-order valence-corrected chi connectivity index (χ4v) is 4.82. The quantitative estimate of drug-likeness (QED) is 0.759. The molecule has 6 heteroatoms. The van der Waals surface area contributed by atoms with Gasteiger partial charge in [-0.25, -0.2) is 9.98 Å². The van der Waals surface area contributed by atoms with Gasteiger partial charge in [-0.3, -0.25) is 0 Å². The molecule has 4 rings (SSSR count). The van der Waals surface area contributed by atoms with E-state index in [0.29, 0.717) is 29.2 Å². The van der Waals surface area contributed by atoms with Crippen molar-refractivity contribution >= 4 is 17.2 Å². The van der Waals surface area contributed by atoms with Crippen LogP contribution in [-0.4, -0.2) is 32.0 Å². The summed E-state index contributed by atoms with van der Waals surface area (Å²) in [7, 11) is 0. The van der Waals surface area contributed by atoms with Gasteiger partial charge in [0.05, 0.1) is 11.3 Å². The minimum absolute atomic E-state index is 0.326. The van der Waals surface area contributed by atoms with Gasteiger partial charge in [-0.2, -0.15) is 4.98 Å². The average Bonchev–Trinajstić information content (AvgIpc) is 2.67. The van der Waals surface area contributed by atoms with Crippen LogP contribution in [0, 0.1) is 5.92 Å². The van der Waals surface area contributed by atoms with Crippen LogP contribution in [-0.2, 0) is 0 Å². The Morgan fingerprint density at radius 2 is 1.77 bits per heavy atom. The number of rotatable bonds is 4. The number of nitrogen functional groups attached to an aromatic ring is 1. The minimum Gasteiger partial charge on any atom is -0.463 e. The second kappa shape index (κ2) is 7.65. The Kier molecular flexibility index (Phi) is 5.30. The lowest BCUT2D eigenvalue weighted by atomic mass is 9.75. The summed E-state index contributed by atoms with van der Waals surface area (Å²) in [6.45, 7) is 7.81. The molecule has 1 fully saturated rings. The Balaban J connectivity index is 1.51. The molecular weight excluding hydrogens is 376 g/mol. The predicted octanol–water partition coefficient (Wildman–Crippen LogP) is 4.79. The van der Waals surface area contributed by atoms with Crippen LogP contribution in [0.3, 0.4) is 0 Å². The predicted molar refractivity (Wildman–Crippen MR) is 119 cm³/mol. The van der Waals surface area contributed by atoms with E-state index in [2.05, 4.69) is 34.2 Å². The topological polar surface area (TPSA) is 93.6 Å². The molecule has 0 unspecified atom stereocenters. The summed E-state index contributed by atoms with van der Waals surface area (Å²) in [5.74, 6) is 1.96. The highest BCUT2D eigenvalue weighted by atomic mass is 16.5. The van der Waals surface area contributed by atoms with E-state index < -0.39 is 11.2 Å². The number of nitrogens with two attached hydrogens (primary N) is 1. The summed E-state index contributed by atoms with van der Waals surface area (Å²) in [6.07, 6.45) is 7.01. The molecule has 0 spiro atoms. The van der Waals surface area contributed by atoms with Crippen LogP contribution in [0.5, 0.6) is 5.88 Å². The van der Waals surface area contributed by atoms with E-state index in [1.807, 2.05) is 27.7 Å². The fourth-order valence-electron chi connectivity index (χ4n) is 4.82. The van der Waals surface area contributed by atoms with Gasteiger partial charge in [0, 0.05) is 5.56 Å². The Morgan fingerprint density at radius 1 is 1.10 bits per heavy atom. The number of hydrogen-bond acceptors (Lipinski definition) is 6. The Bertz CT molecular complexity index is 937. The van der Waals surface area contributed by atoms with E-state index in [4.69, 9.17) is 15.5 Å². The molecule has 0 saturated heterocycles. The van der Waals surface area contributed by atoms with Gasteiger partial charge in [0.2, 0.25) is 5.88 Å². The molecule has 30 heavy (non-hydrogen) atoms. The van der Waals surface area contributed by atoms with Crippen LogP contribution in [0.25, 0.3) is 0 Å². The van der Waals surface area contributed by atoms with Crippen molar-refractivity contribution < 1.29 is 9.84 Å². The van der Waals surface area contributed by atoms with Gasteiger partial charge < -0.3 is 15.6 Å². The first-order valence-corrected chi connectivity index (χ1v) is 10.8. The lowest BCUT2D eigenvalue weighted by molar-refractivity contribution is 0.0445. The molecule has 3 N–H and O–H groups in total. The van der Waals surface area contributed by atoms with Gasteiger partial charge in [-0.15, -0.1) is 0 Å². The largest absolute Gasteiger partial charge is 0.463 e. The molecule has 6 nitrogen and oxygen atoms in total. The van der Waals surface area contributed by atoms with E-state index in [1.165, 1.54) is 37.6 Å². The molecule has 2 aliphatic rings. The first kappa shape index (κ1) is 20.8. The normalized spacial score (nSPS) is 23.3. The number of aromatic nitrogens is 2. The lowest BCUT2D eigenvalue weighted by Gasteiger charge is -2.33. The van der Waals surface area contributed by atoms with Crippen molar-refractivity contribution in [1.29, 1.82) is 0 Å². The number of ether oxygens (including phenoxy) is 1. The maximum absolute atomic E-state index is 10.1. The van der Waals surface area contributed by atoms with E-state index in [0.717, 1.165) is 17.7 Å². The van der Waals surface area contributed by atoms with Crippen LogP contribution in [0.2, 0.25) is 0 Å². The van der Waals surface area contributed by atoms with Gasteiger partial charge in [0.1, 0.15) is 11.9 Å². The van der Waals surface area contributed by atoms with Crippen molar-refractivity contribution in [2.45, 2.75) is 76.9 Å². The molecule has 0 atom stereocenters. The third-order valence-electron chi connectivity index (χ3n) is 6.25. The molecule has 1 aromatic carbocycles. The Hall–Kier alpha value is -2.47. The zero-order valence-corrected chi connectivity index (χ0v) is 18.4. The molecular formula is C24H32N4O2. The minimum atomic E-state index is -0.607. The summed E-state index contributed by atoms with van der Waals surface area (Å²) >= 11 is 0. The van der Waals surface area contributed by atoms with Crippen molar-refractivity contribution in [3.8, 4) is 5.88 Å². The number of aliphatic hydroxyl groups is 1. The second-order valence-corrected chi connectivity index (χ2v) is 9.84. The van der Waals surface area contributed by atoms with Gasteiger partial charge >= 0.3 is 0 Å². The highest BCUT2D eigenvalue weighted by molar-refractivity contribution is 6.09. The third kappa shape index (κ3) is 4.33.